The van der Waals surface area contributed by atoms with Crippen LogP contribution in [-0.4, -0.2) is 9.97 Å². The van der Waals surface area contributed by atoms with E-state index in [1.54, 1.807) is 0 Å². The summed E-state index contributed by atoms with van der Waals surface area (Å²) in [6, 6.07) is 0.849. The maximum Gasteiger partial charge on any atom is 0.433 e. The molecule has 110 valence electrons. The molecule has 1 N–H and O–H groups in total. The first-order chi connectivity index (χ1) is 9.45. The zero-order chi connectivity index (χ0) is 15.2. The van der Waals surface area contributed by atoms with Crippen LogP contribution in [0.2, 0.25) is 0 Å². The van der Waals surface area contributed by atoms with Crippen LogP contribution < -0.4 is 5.32 Å². The highest BCUT2D eigenvalue weighted by molar-refractivity contribution is 5.42. The average molecular weight is 285 g/mol. The maximum absolute atomic E-state index is 12.5. The Morgan fingerprint density at radius 1 is 1.25 bits per heavy atom. The first-order valence-electron chi connectivity index (χ1n) is 6.50. The molecule has 0 saturated heterocycles. The van der Waals surface area contributed by atoms with Crippen molar-refractivity contribution in [2.45, 2.75) is 39.8 Å². The quantitative estimate of drug-likeness (QED) is 0.865. The van der Waals surface area contributed by atoms with E-state index in [0.717, 1.165) is 30.8 Å². The molecule has 0 bridgehead atoms. The van der Waals surface area contributed by atoms with Gasteiger partial charge in [-0.1, -0.05) is 25.5 Å². The van der Waals surface area contributed by atoms with Crippen molar-refractivity contribution in [3.63, 3.8) is 0 Å². The van der Waals surface area contributed by atoms with Gasteiger partial charge in [-0.15, -0.1) is 0 Å². The molecule has 1 heterocycles. The molecule has 6 heteroatoms. The summed E-state index contributed by atoms with van der Waals surface area (Å²) in [6.45, 7) is 5.97. The fourth-order valence-electron chi connectivity index (χ4n) is 1.64. The van der Waals surface area contributed by atoms with E-state index in [1.165, 1.54) is 5.57 Å². The summed E-state index contributed by atoms with van der Waals surface area (Å²) in [5.41, 5.74) is 0.960. The molecule has 1 aliphatic rings. The van der Waals surface area contributed by atoms with Crippen molar-refractivity contribution in [2.24, 2.45) is 0 Å². The molecule has 0 spiro atoms. The van der Waals surface area contributed by atoms with Crippen LogP contribution in [0.5, 0.6) is 0 Å². The van der Waals surface area contributed by atoms with E-state index in [9.17, 15) is 13.2 Å². The van der Waals surface area contributed by atoms with Gasteiger partial charge in [0.1, 0.15) is 5.69 Å². The van der Waals surface area contributed by atoms with Crippen LogP contribution in [0.4, 0.5) is 19.1 Å². The van der Waals surface area contributed by atoms with Crippen LogP contribution in [0, 0.1) is 0 Å². The van der Waals surface area contributed by atoms with Gasteiger partial charge in [-0.25, -0.2) is 9.97 Å². The second kappa shape index (κ2) is 7.07. The number of alkyl halides is 3. The molecule has 3 nitrogen and oxygen atoms in total. The van der Waals surface area contributed by atoms with Gasteiger partial charge in [-0.05, 0) is 31.9 Å². The molecule has 0 unspecified atom stereocenters. The third kappa shape index (κ3) is 4.68. The molecule has 0 aromatic carbocycles. The van der Waals surface area contributed by atoms with Crippen LogP contribution in [-0.2, 0) is 6.18 Å². The minimum Gasteiger partial charge on any atom is -0.324 e. The first-order valence-corrected chi connectivity index (χ1v) is 6.50. The van der Waals surface area contributed by atoms with Crippen molar-refractivity contribution in [2.75, 3.05) is 5.32 Å². The van der Waals surface area contributed by atoms with Crippen molar-refractivity contribution < 1.29 is 13.2 Å². The maximum atomic E-state index is 12.5. The monoisotopic (exact) mass is 285 g/mol. The van der Waals surface area contributed by atoms with E-state index in [0.29, 0.717) is 0 Å². The lowest BCUT2D eigenvalue weighted by Crippen LogP contribution is -2.11. The van der Waals surface area contributed by atoms with E-state index in [-0.39, 0.29) is 5.95 Å². The van der Waals surface area contributed by atoms with Gasteiger partial charge in [0.05, 0.1) is 0 Å². The first kappa shape index (κ1) is 16.2. The predicted octanol–water partition coefficient (Wildman–Crippen LogP) is 4.56. The Balaban J connectivity index is 0.000000956. The number of anilines is 1. The van der Waals surface area contributed by atoms with E-state index in [2.05, 4.69) is 15.3 Å². The van der Waals surface area contributed by atoms with Crippen molar-refractivity contribution in [3.05, 3.63) is 41.4 Å². The summed E-state index contributed by atoms with van der Waals surface area (Å²) >= 11 is 0. The number of halogens is 3. The van der Waals surface area contributed by atoms with Crippen molar-refractivity contribution >= 4 is 5.95 Å². The summed E-state index contributed by atoms with van der Waals surface area (Å²) in [5, 5.41) is 2.79. The molecule has 1 aromatic rings. The number of nitrogens with zero attached hydrogens (tertiary/aromatic N) is 2. The zero-order valence-electron chi connectivity index (χ0n) is 11.8. The number of allylic oxidation sites excluding steroid dienone is 3. The number of aromatic nitrogens is 2. The minimum absolute atomic E-state index is 0.0398. The lowest BCUT2D eigenvalue weighted by molar-refractivity contribution is -0.141. The predicted molar refractivity (Wildman–Crippen MR) is 73.1 cm³/mol. The molecule has 0 atom stereocenters. The fraction of sp³-hybridized carbons (Fsp3) is 0.429. The Hall–Kier alpha value is -1.85. The Bertz CT molecular complexity index is 505. The molecular weight excluding hydrogens is 267 g/mol. The van der Waals surface area contributed by atoms with E-state index in [4.69, 9.17) is 0 Å². The number of rotatable bonds is 2. The Morgan fingerprint density at radius 2 is 1.95 bits per heavy atom. The number of hydrogen-bond acceptors (Lipinski definition) is 3. The third-order valence-electron chi connectivity index (χ3n) is 2.51. The smallest absolute Gasteiger partial charge is 0.324 e. The average Bonchev–Trinajstić information content (AvgIpc) is 2.40. The van der Waals surface area contributed by atoms with E-state index < -0.39 is 11.9 Å². The summed E-state index contributed by atoms with van der Waals surface area (Å²) in [5.74, 6) is -0.0398. The summed E-state index contributed by atoms with van der Waals surface area (Å²) < 4.78 is 37.4. The topological polar surface area (TPSA) is 37.8 Å². The fourth-order valence-corrected chi connectivity index (χ4v) is 1.64. The second-order valence-electron chi connectivity index (χ2n) is 4.08. The summed E-state index contributed by atoms with van der Waals surface area (Å²) in [7, 11) is 0. The van der Waals surface area contributed by atoms with E-state index >= 15 is 0 Å². The largest absolute Gasteiger partial charge is 0.433 e. The van der Waals surface area contributed by atoms with Gasteiger partial charge in [0.25, 0.3) is 0 Å². The van der Waals surface area contributed by atoms with Gasteiger partial charge < -0.3 is 5.32 Å². The van der Waals surface area contributed by atoms with Gasteiger partial charge in [0.15, 0.2) is 0 Å². The highest BCUT2D eigenvalue weighted by Crippen LogP contribution is 2.28. The van der Waals surface area contributed by atoms with Crippen LogP contribution in [0.3, 0.4) is 0 Å². The second-order valence-corrected chi connectivity index (χ2v) is 4.08. The summed E-state index contributed by atoms with van der Waals surface area (Å²) in [6.07, 6.45) is 2.27. The van der Waals surface area contributed by atoms with Crippen LogP contribution >= 0.6 is 0 Å². The van der Waals surface area contributed by atoms with Gasteiger partial charge in [0, 0.05) is 11.9 Å². The molecule has 0 radical (unpaired) electrons. The highest BCUT2D eigenvalue weighted by atomic mass is 19.4. The highest BCUT2D eigenvalue weighted by Gasteiger charge is 2.32. The van der Waals surface area contributed by atoms with Crippen LogP contribution in [0.1, 0.15) is 39.3 Å². The molecule has 0 aliphatic heterocycles. The SMILES string of the molecule is CC.CC1=CC(Nc2nccc(C(F)(F)F)n2)=CCC1. The Morgan fingerprint density at radius 3 is 2.55 bits per heavy atom. The normalized spacial score (nSPS) is 14.7. The molecule has 0 fully saturated rings. The molecule has 2 rings (SSSR count). The zero-order valence-corrected chi connectivity index (χ0v) is 11.8. The number of hydrogen-bond donors (Lipinski definition) is 1. The Kier molecular flexibility index (Phi) is 5.73. The molecule has 0 amide bonds. The standard InChI is InChI=1S/C12H12F3N3.C2H6/c1-8-3-2-4-9(7-8)17-11-16-6-5-10(18-11)12(13,14)15;1-2/h4-7H,2-3H2,1H3,(H,16,17,18);1-2H3. The van der Waals surface area contributed by atoms with Crippen molar-refractivity contribution in [1.29, 1.82) is 0 Å². The van der Waals surface area contributed by atoms with Crippen LogP contribution in [0.25, 0.3) is 0 Å². The van der Waals surface area contributed by atoms with Crippen LogP contribution in [0.15, 0.2) is 35.7 Å². The number of nitrogens with one attached hydrogen (secondary N) is 1. The van der Waals surface area contributed by atoms with Gasteiger partial charge in [-0.2, -0.15) is 13.2 Å². The van der Waals surface area contributed by atoms with Crippen molar-refractivity contribution in [1.82, 2.24) is 9.97 Å². The van der Waals surface area contributed by atoms with Crippen molar-refractivity contribution in [3.8, 4) is 0 Å². The molecule has 1 aromatic heterocycles. The Labute approximate surface area is 116 Å². The summed E-state index contributed by atoms with van der Waals surface area (Å²) in [4.78, 5) is 7.23. The third-order valence-corrected chi connectivity index (χ3v) is 2.51. The molecular formula is C14H18F3N3. The van der Waals surface area contributed by atoms with Gasteiger partial charge in [-0.3, -0.25) is 0 Å². The van der Waals surface area contributed by atoms with Gasteiger partial charge in [0.2, 0.25) is 5.95 Å². The lowest BCUT2D eigenvalue weighted by Gasteiger charge is -2.13. The minimum atomic E-state index is -4.45. The van der Waals surface area contributed by atoms with E-state index in [1.807, 2.05) is 32.9 Å². The lowest BCUT2D eigenvalue weighted by atomic mass is 10.1. The molecule has 20 heavy (non-hydrogen) atoms. The van der Waals surface area contributed by atoms with Gasteiger partial charge >= 0.3 is 6.18 Å². The molecule has 1 aliphatic carbocycles. The molecule has 0 saturated carbocycles.